The topological polar surface area (TPSA) is 204 Å². The Balaban J connectivity index is 0.000000122. The number of likely N-dealkylation sites (tertiary alicyclic amines) is 2. The normalized spacial score (nSPS) is 18.9. The predicted molar refractivity (Wildman–Crippen MR) is 309 cm³/mol. The van der Waals surface area contributed by atoms with Crippen molar-refractivity contribution in [2.24, 2.45) is 0 Å². The summed E-state index contributed by atoms with van der Waals surface area (Å²) < 4.78 is 74.6. The first-order valence-electron chi connectivity index (χ1n) is 27.6. The zero-order valence-electron chi connectivity index (χ0n) is 46.4. The van der Waals surface area contributed by atoms with Gasteiger partial charge in [0.05, 0.1) is 60.6 Å². The Morgan fingerprint density at radius 3 is 1.67 bits per heavy atom. The van der Waals surface area contributed by atoms with Crippen molar-refractivity contribution < 1.29 is 45.9 Å². The summed E-state index contributed by atoms with van der Waals surface area (Å²) in [6, 6.07) is 15.3. The van der Waals surface area contributed by atoms with E-state index in [-0.39, 0.29) is 16.9 Å². The second-order valence-corrected chi connectivity index (χ2v) is 22.6. The van der Waals surface area contributed by atoms with Crippen molar-refractivity contribution in [1.29, 1.82) is 0 Å². The molecule has 0 spiro atoms. The molecule has 0 saturated carbocycles. The zero-order valence-corrected chi connectivity index (χ0v) is 47.2. The maximum absolute atomic E-state index is 14.8. The highest BCUT2D eigenvalue weighted by Gasteiger charge is 2.52. The fraction of sp³-hybridized carbons (Fsp3) is 0.414. The highest BCUT2D eigenvalue weighted by molar-refractivity contribution is 6.65. The maximum Gasteiger partial charge on any atom is 0.495 e. The molecular formula is C58H62BClF2N12O8. The molecule has 0 aliphatic carbocycles. The van der Waals surface area contributed by atoms with Crippen LogP contribution in [0, 0.1) is 11.6 Å². The number of pyridine rings is 2. The van der Waals surface area contributed by atoms with E-state index in [4.69, 9.17) is 58.7 Å². The highest BCUT2D eigenvalue weighted by atomic mass is 35.5. The Labute approximate surface area is 475 Å². The molecule has 0 amide bonds. The van der Waals surface area contributed by atoms with E-state index in [9.17, 15) is 8.78 Å². The van der Waals surface area contributed by atoms with Gasteiger partial charge in [0.1, 0.15) is 22.7 Å². The maximum atomic E-state index is 14.8. The van der Waals surface area contributed by atoms with E-state index in [1.54, 1.807) is 14.2 Å². The van der Waals surface area contributed by atoms with E-state index >= 15 is 0 Å². The Bertz CT molecular complexity index is 3970. The first-order valence-corrected chi connectivity index (χ1v) is 27.9. The number of nitrogens with one attached hydrogen (secondary N) is 2. The van der Waals surface area contributed by atoms with Gasteiger partial charge in [-0.2, -0.15) is 4.98 Å². The molecule has 5 aliphatic heterocycles. The number of ether oxygens (including phenoxy) is 4. The summed E-state index contributed by atoms with van der Waals surface area (Å²) in [7, 11) is 2.96. The first-order chi connectivity index (χ1) is 39.7. The second kappa shape index (κ2) is 22.0. The van der Waals surface area contributed by atoms with Crippen LogP contribution in [0.5, 0.6) is 0 Å². The van der Waals surface area contributed by atoms with Crippen LogP contribution in [0.1, 0.15) is 38.8 Å². The number of morpholine rings is 2. The van der Waals surface area contributed by atoms with Gasteiger partial charge in [-0.05, 0) is 80.2 Å². The van der Waals surface area contributed by atoms with Crippen molar-refractivity contribution in [1.82, 2.24) is 49.7 Å². The standard InChI is InChI=1S/C26H25FN6O3.C18H20ClN5O3.C14H17BFNO2/c1-34-16-13-32(14-16)12-15-9-18-22-23(36-26(18)29-10-15)25(33-5-7-35-8-6-33)31-24(30-22)17-3-2-4-20-21(17)19(27)11-28-20;1-25-12-9-23(10-12)8-11-6-13-14-15(27-17(13)20-7-11)16(22-18(19)21-14)24-2-4-26-5-3-24;1-13(2)14(3,4)19-15(18-13)9-6-5-7-11-12(9)10(16)8-17-11/h2-4,9-11,16,28H,5-8,12-14H2,1H3;6-7,12H,2-5,8-10H2,1H3;5-8,17H,1-4H3. The largest absolute Gasteiger partial charge is 0.495 e. The number of methoxy groups -OCH3 is 2. The van der Waals surface area contributed by atoms with Gasteiger partial charge in [-0.3, -0.25) is 9.80 Å². The molecule has 8 aromatic heterocycles. The number of halogens is 3. The average molecular weight is 1140 g/mol. The fourth-order valence-corrected chi connectivity index (χ4v) is 11.3. The molecule has 5 fully saturated rings. The monoisotopic (exact) mass is 1140 g/mol. The molecule has 5 saturated heterocycles. The quantitative estimate of drug-likeness (QED) is 0.0974. The molecule has 20 nitrogen and oxygen atoms in total. The molecule has 82 heavy (non-hydrogen) atoms. The molecule has 15 rings (SSSR count). The van der Waals surface area contributed by atoms with Crippen LogP contribution >= 0.6 is 11.6 Å². The summed E-state index contributed by atoms with van der Waals surface area (Å²) in [5, 5.41) is 2.92. The number of hydrogen-bond acceptors (Lipinski definition) is 18. The van der Waals surface area contributed by atoms with E-state index in [1.807, 2.05) is 76.5 Å². The molecule has 0 radical (unpaired) electrons. The fourth-order valence-electron chi connectivity index (χ4n) is 11.1. The molecule has 2 aromatic carbocycles. The summed E-state index contributed by atoms with van der Waals surface area (Å²) in [4.78, 5) is 42.6. The second-order valence-electron chi connectivity index (χ2n) is 22.3. The predicted octanol–water partition coefficient (Wildman–Crippen LogP) is 8.42. The Kier molecular flexibility index (Phi) is 14.6. The van der Waals surface area contributed by atoms with Gasteiger partial charge >= 0.3 is 7.12 Å². The molecular weight excluding hydrogens is 1080 g/mol. The lowest BCUT2D eigenvalue weighted by Gasteiger charge is -2.38. The van der Waals surface area contributed by atoms with Crippen LogP contribution in [0.2, 0.25) is 5.28 Å². The van der Waals surface area contributed by atoms with Crippen molar-refractivity contribution in [3.05, 3.63) is 101 Å². The average Bonchev–Trinajstić information content (AvgIpc) is 4.47. The van der Waals surface area contributed by atoms with Crippen LogP contribution in [0.3, 0.4) is 0 Å². The van der Waals surface area contributed by atoms with Gasteiger partial charge in [0.25, 0.3) is 0 Å². The minimum Gasteiger partial charge on any atom is -0.432 e. The number of anilines is 2. The van der Waals surface area contributed by atoms with E-state index < -0.39 is 18.3 Å². The third-order valence-electron chi connectivity index (χ3n) is 16.4. The van der Waals surface area contributed by atoms with Crippen LogP contribution in [0.15, 0.2) is 82.2 Å². The number of fused-ring (bicyclic) bond motifs is 8. The molecule has 0 atom stereocenters. The van der Waals surface area contributed by atoms with Gasteiger partial charge in [-0.15, -0.1) is 0 Å². The minimum absolute atomic E-state index is 0.211. The number of rotatable bonds is 10. The molecule has 24 heteroatoms. The Hall–Kier alpha value is -6.93. The zero-order chi connectivity index (χ0) is 56.4. The summed E-state index contributed by atoms with van der Waals surface area (Å²) in [6.07, 6.45) is 7.05. The summed E-state index contributed by atoms with van der Waals surface area (Å²) in [5.74, 6) is 1.23. The summed E-state index contributed by atoms with van der Waals surface area (Å²) >= 11 is 6.22. The summed E-state index contributed by atoms with van der Waals surface area (Å²) in [5.41, 5.74) is 7.83. The lowest BCUT2D eigenvalue weighted by atomic mass is 9.77. The van der Waals surface area contributed by atoms with Gasteiger partial charge in [-0.25, -0.2) is 33.7 Å². The van der Waals surface area contributed by atoms with E-state index in [0.717, 1.165) is 85.2 Å². The number of H-pyrrole nitrogens is 2. The van der Waals surface area contributed by atoms with Gasteiger partial charge in [0.2, 0.25) is 16.7 Å². The van der Waals surface area contributed by atoms with Crippen LogP contribution < -0.4 is 15.3 Å². The summed E-state index contributed by atoms with van der Waals surface area (Å²) in [6.45, 7) is 18.6. The van der Waals surface area contributed by atoms with E-state index in [0.29, 0.717) is 125 Å². The number of benzene rings is 2. The minimum atomic E-state index is -0.543. The van der Waals surface area contributed by atoms with Gasteiger partial charge in [0.15, 0.2) is 28.6 Å². The third-order valence-corrected chi connectivity index (χ3v) is 16.6. The molecule has 0 bridgehead atoms. The lowest BCUT2D eigenvalue weighted by Crippen LogP contribution is -2.50. The molecule has 5 aliphatic rings. The van der Waals surface area contributed by atoms with Crippen LogP contribution in [-0.2, 0) is 41.3 Å². The third kappa shape index (κ3) is 10.3. The number of nitrogens with zero attached hydrogens (tertiary/aromatic N) is 10. The number of hydrogen-bond donors (Lipinski definition) is 2. The Morgan fingerprint density at radius 2 is 1.13 bits per heavy atom. The van der Waals surface area contributed by atoms with Crippen molar-refractivity contribution in [3.63, 3.8) is 0 Å². The molecule has 0 unspecified atom stereocenters. The number of furan rings is 2. The van der Waals surface area contributed by atoms with Crippen molar-refractivity contribution >= 4 is 102 Å². The first kappa shape index (κ1) is 54.3. The van der Waals surface area contributed by atoms with Crippen molar-refractivity contribution in [2.75, 3.05) is 103 Å². The smallest absolute Gasteiger partial charge is 0.432 e. The van der Waals surface area contributed by atoms with Gasteiger partial charge < -0.3 is 56.9 Å². The van der Waals surface area contributed by atoms with Crippen molar-refractivity contribution in [2.45, 2.75) is 64.2 Å². The highest BCUT2D eigenvalue weighted by Crippen LogP contribution is 2.40. The van der Waals surface area contributed by atoms with Gasteiger partial charge in [-0.1, -0.05) is 24.3 Å². The molecule has 2 N–H and O–H groups in total. The van der Waals surface area contributed by atoms with E-state index in [1.165, 1.54) is 12.4 Å². The number of aromatic nitrogens is 8. The van der Waals surface area contributed by atoms with Crippen LogP contribution in [0.25, 0.3) is 77.6 Å². The lowest BCUT2D eigenvalue weighted by molar-refractivity contribution is -0.0334. The Morgan fingerprint density at radius 1 is 0.646 bits per heavy atom. The van der Waals surface area contributed by atoms with Gasteiger partial charge in [0, 0.05) is 132 Å². The van der Waals surface area contributed by atoms with Crippen LogP contribution in [-0.4, -0.2) is 173 Å². The number of aromatic amines is 2. The van der Waals surface area contributed by atoms with Crippen molar-refractivity contribution in [3.8, 4) is 11.4 Å². The van der Waals surface area contributed by atoms with Crippen LogP contribution in [0.4, 0.5) is 20.4 Å². The SMILES string of the molecule is CC1(C)OB(c2cccc3[nH]cc(F)c23)OC1(C)C.COC1CN(Cc2cnc3oc4c(N5CCOCC5)nc(-c5cccc6[nH]cc(F)c56)nc4c3c2)C1.COC1CN(Cc2cnc3oc4c(N5CCOCC5)nc(Cl)nc4c3c2)C1. The molecule has 13 heterocycles. The molecule has 10 aromatic rings. The molecule has 426 valence electrons. The van der Waals surface area contributed by atoms with E-state index in [2.05, 4.69) is 61.6 Å².